The molecule has 7 rings (SSSR count). The van der Waals surface area contributed by atoms with Crippen molar-refractivity contribution in [3.05, 3.63) is 66.1 Å². The number of benzene rings is 2. The number of allylic oxidation sites excluding steroid dienone is 1. The Hall–Kier alpha value is -5.75. The summed E-state index contributed by atoms with van der Waals surface area (Å²) in [6.45, 7) is 4.61. The Morgan fingerprint density at radius 1 is 1.05 bits per heavy atom. The van der Waals surface area contributed by atoms with Gasteiger partial charge < -0.3 is 35.6 Å². The molecule has 2 aliphatic heterocycles. The number of hydrogen-bond donors (Lipinski definition) is 5. The number of nitrogens with one attached hydrogen (secondary N) is 5. The van der Waals surface area contributed by atoms with Crippen LogP contribution in [0.15, 0.2) is 71.0 Å². The molecule has 324 valence electrons. The average Bonchev–Trinajstić information content (AvgIpc) is 3.50. The van der Waals surface area contributed by atoms with Gasteiger partial charge in [0, 0.05) is 67.7 Å². The second kappa shape index (κ2) is 18.5. The van der Waals surface area contributed by atoms with E-state index in [9.17, 15) is 27.6 Å². The number of pyridine rings is 1. The lowest BCUT2D eigenvalue weighted by molar-refractivity contribution is -0.140. The fourth-order valence-electron chi connectivity index (χ4n) is 7.76. The molecule has 0 radical (unpaired) electrons. The molecule has 1 saturated heterocycles. The van der Waals surface area contributed by atoms with Gasteiger partial charge in [-0.15, -0.1) is 11.3 Å². The van der Waals surface area contributed by atoms with Crippen molar-refractivity contribution in [3.8, 4) is 22.9 Å². The number of hydrogen-bond acceptors (Lipinski definition) is 13. The number of carbonyl (C=O) groups excluding carboxylic acids is 4. The summed E-state index contributed by atoms with van der Waals surface area (Å²) in [5.41, 5.74) is 0.538. The molecule has 0 spiro atoms. The van der Waals surface area contributed by atoms with Crippen LogP contribution in [-0.4, -0.2) is 97.9 Å². The molecule has 1 saturated carbocycles. The number of ether oxygens (including phenoxy) is 2. The van der Waals surface area contributed by atoms with E-state index in [1.54, 1.807) is 43.5 Å². The third-order valence-corrected chi connectivity index (χ3v) is 13.2. The van der Waals surface area contributed by atoms with E-state index < -0.39 is 51.3 Å². The van der Waals surface area contributed by atoms with Crippen molar-refractivity contribution in [2.75, 3.05) is 37.9 Å². The maximum absolute atomic E-state index is 14.5. The zero-order valence-electron chi connectivity index (χ0n) is 34.7. The number of nitrogens with zero attached hydrogens (tertiary/aromatic N) is 3. The van der Waals surface area contributed by atoms with Crippen LogP contribution < -0.4 is 35.5 Å². The van der Waals surface area contributed by atoms with Crippen LogP contribution in [0.4, 0.5) is 10.8 Å². The highest BCUT2D eigenvalue weighted by Crippen LogP contribution is 2.46. The van der Waals surface area contributed by atoms with Crippen LogP contribution in [0, 0.1) is 5.92 Å². The minimum Gasteiger partial charge on any atom is -0.497 e. The fraction of sp³-hybridized carbons (Fsp3) is 0.442. The first-order chi connectivity index (χ1) is 29.3. The van der Waals surface area contributed by atoms with Gasteiger partial charge >= 0.3 is 0 Å². The summed E-state index contributed by atoms with van der Waals surface area (Å²) < 4.78 is 42.0. The fourth-order valence-corrected chi connectivity index (χ4v) is 9.83. The van der Waals surface area contributed by atoms with Crippen LogP contribution in [0.3, 0.4) is 0 Å². The summed E-state index contributed by atoms with van der Waals surface area (Å²) in [6.07, 6.45) is 6.46. The number of rotatable bonds is 11. The van der Waals surface area contributed by atoms with E-state index in [2.05, 4.69) is 26.0 Å². The van der Waals surface area contributed by atoms with Gasteiger partial charge in [0.05, 0.1) is 30.6 Å². The predicted octanol–water partition coefficient (Wildman–Crippen LogP) is 4.98. The number of fused-ring (bicyclic) bond motifs is 3. The third-order valence-electron chi connectivity index (χ3n) is 11.1. The molecule has 18 heteroatoms. The van der Waals surface area contributed by atoms with Crippen molar-refractivity contribution in [1.29, 1.82) is 0 Å². The van der Waals surface area contributed by atoms with Gasteiger partial charge in [0.15, 0.2) is 5.13 Å². The normalized spacial score (nSPS) is 22.9. The van der Waals surface area contributed by atoms with E-state index in [0.717, 1.165) is 30.8 Å². The minimum absolute atomic E-state index is 0.000182. The third kappa shape index (κ3) is 9.91. The average molecular weight is 873 g/mol. The van der Waals surface area contributed by atoms with Crippen molar-refractivity contribution in [3.63, 3.8) is 0 Å². The van der Waals surface area contributed by atoms with Crippen LogP contribution in [-0.2, 0) is 29.2 Å². The quantitative estimate of drug-likeness (QED) is 0.126. The summed E-state index contributed by atoms with van der Waals surface area (Å²) in [6, 6.07) is 12.6. The van der Waals surface area contributed by atoms with Gasteiger partial charge in [-0.1, -0.05) is 30.7 Å². The molecule has 3 aliphatic rings. The first kappa shape index (κ1) is 43.3. The lowest BCUT2D eigenvalue weighted by atomic mass is 10.1. The molecule has 2 aromatic carbocycles. The first-order valence-electron chi connectivity index (χ1n) is 20.6. The largest absolute Gasteiger partial charge is 0.497 e. The van der Waals surface area contributed by atoms with Crippen LogP contribution in [0.2, 0.25) is 0 Å². The Kier molecular flexibility index (Phi) is 13.1. The molecule has 4 aromatic rings. The molecule has 1 aliphatic carbocycles. The van der Waals surface area contributed by atoms with Crippen molar-refractivity contribution in [2.45, 2.75) is 93.8 Å². The lowest BCUT2D eigenvalue weighted by Crippen LogP contribution is -2.56. The van der Waals surface area contributed by atoms with E-state index in [1.165, 1.54) is 29.4 Å². The Balaban J connectivity index is 1.18. The van der Waals surface area contributed by atoms with Crippen molar-refractivity contribution < 1.29 is 37.1 Å². The molecule has 0 bridgehead atoms. The Bertz CT molecular complexity index is 2440. The summed E-state index contributed by atoms with van der Waals surface area (Å²) >= 11 is 1.45. The zero-order valence-corrected chi connectivity index (χ0v) is 36.3. The standard InChI is InChI=1S/C43H52N8O8S2/c1-26(2)46-42-48-34(25-60-42)33-22-36(30-16-15-28(58-4)20-32(30)47-33)59-29-21-35(51(24-29)39(53)18-17-38(52)44-3)40(54)49-43-23-27(43)12-8-6-5-7-11-19-45-31-13-9-10-14-37(31)61(56,57)50-41(43)55/h8-10,12-16,20,22,25-27,29,35,45H,5-7,11,17-19,21,23-24H2,1-4H3,(H,44,52)(H,46,48)(H,49,54)(H,50,55)/b12-8-/t27-,29-,35+,43-/m1/s1. The van der Waals surface area contributed by atoms with E-state index in [0.29, 0.717) is 46.0 Å². The minimum atomic E-state index is -4.36. The van der Waals surface area contributed by atoms with Gasteiger partial charge in [0.2, 0.25) is 17.7 Å². The number of likely N-dealkylation sites (tertiary alicyclic amines) is 1. The number of anilines is 2. The lowest BCUT2D eigenvalue weighted by Gasteiger charge is -2.26. The number of para-hydroxylation sites is 1. The highest BCUT2D eigenvalue weighted by molar-refractivity contribution is 7.90. The number of sulfonamides is 1. The summed E-state index contributed by atoms with van der Waals surface area (Å²) in [5, 5.41) is 15.2. The molecule has 4 amide bonds. The molecular weight excluding hydrogens is 821 g/mol. The van der Waals surface area contributed by atoms with Crippen molar-refractivity contribution in [1.82, 2.24) is 30.2 Å². The smallest absolute Gasteiger partial charge is 0.266 e. The molecule has 5 N–H and O–H groups in total. The number of thiazole rings is 1. The van der Waals surface area contributed by atoms with Gasteiger partial charge in [-0.25, -0.2) is 23.1 Å². The molecule has 4 heterocycles. The zero-order chi connectivity index (χ0) is 43.3. The first-order valence-corrected chi connectivity index (χ1v) is 22.9. The Labute approximate surface area is 359 Å². The maximum Gasteiger partial charge on any atom is 0.266 e. The summed E-state index contributed by atoms with van der Waals surface area (Å²) in [4.78, 5) is 65.7. The van der Waals surface area contributed by atoms with Crippen molar-refractivity contribution in [2.24, 2.45) is 5.92 Å². The molecular formula is C43H52N8O8S2. The number of aromatic nitrogens is 2. The molecule has 61 heavy (non-hydrogen) atoms. The topological polar surface area (TPSA) is 210 Å². The molecule has 16 nitrogen and oxygen atoms in total. The maximum atomic E-state index is 14.5. The SMILES string of the molecule is CNC(=O)CCC(=O)N1C[C@H](Oc2cc(-c3csc(NC(C)C)n3)nc3cc(OC)ccc23)C[C@H]1C(=O)N[C@]12C[C@H]1/C=C\CCCCCNc1ccccc1S(=O)(=O)NC2=O. The summed E-state index contributed by atoms with van der Waals surface area (Å²) in [7, 11) is -1.32. The second-order valence-electron chi connectivity index (χ2n) is 15.8. The van der Waals surface area contributed by atoms with Crippen LogP contribution in [0.5, 0.6) is 11.5 Å². The van der Waals surface area contributed by atoms with Gasteiger partial charge in [0.25, 0.3) is 15.9 Å². The van der Waals surface area contributed by atoms with Gasteiger partial charge in [-0.05, 0) is 63.8 Å². The summed E-state index contributed by atoms with van der Waals surface area (Å²) in [5.74, 6) is -1.74. The monoisotopic (exact) mass is 872 g/mol. The van der Waals surface area contributed by atoms with Gasteiger partial charge in [0.1, 0.15) is 39.8 Å². The van der Waals surface area contributed by atoms with Crippen molar-refractivity contribution >= 4 is 66.7 Å². The van der Waals surface area contributed by atoms with E-state index in [4.69, 9.17) is 19.4 Å². The van der Waals surface area contributed by atoms with Crippen LogP contribution in [0.25, 0.3) is 22.3 Å². The number of amides is 4. The Morgan fingerprint density at radius 2 is 1.87 bits per heavy atom. The van der Waals surface area contributed by atoms with E-state index >= 15 is 0 Å². The second-order valence-corrected chi connectivity index (χ2v) is 18.4. The highest BCUT2D eigenvalue weighted by atomic mass is 32.2. The predicted molar refractivity (Wildman–Crippen MR) is 233 cm³/mol. The molecule has 2 aromatic heterocycles. The molecule has 0 unspecified atom stereocenters. The number of methoxy groups -OCH3 is 1. The van der Waals surface area contributed by atoms with E-state index in [-0.39, 0.29) is 49.1 Å². The molecule has 4 atom stereocenters. The van der Waals surface area contributed by atoms with E-state index in [1.807, 2.05) is 37.4 Å². The van der Waals surface area contributed by atoms with Crippen LogP contribution >= 0.6 is 11.3 Å². The number of carbonyl (C=O) groups is 4. The Morgan fingerprint density at radius 3 is 2.66 bits per heavy atom. The molecule has 2 fully saturated rings. The highest BCUT2D eigenvalue weighted by Gasteiger charge is 2.61. The van der Waals surface area contributed by atoms with Gasteiger partial charge in [-0.2, -0.15) is 0 Å². The van der Waals surface area contributed by atoms with Crippen LogP contribution in [0.1, 0.15) is 65.2 Å². The van der Waals surface area contributed by atoms with Gasteiger partial charge in [-0.3, -0.25) is 19.2 Å².